The van der Waals surface area contributed by atoms with Crippen molar-refractivity contribution in [2.24, 2.45) is 11.8 Å². The van der Waals surface area contributed by atoms with Crippen molar-refractivity contribution >= 4 is 34.1 Å². The molecular weight excluding hydrogens is 679 g/mol. The number of benzene rings is 3. The van der Waals surface area contributed by atoms with Crippen LogP contribution in [0.25, 0.3) is 11.1 Å². The maximum atomic E-state index is 12.8. The van der Waals surface area contributed by atoms with E-state index in [1.54, 1.807) is 36.4 Å². The second-order valence-corrected chi connectivity index (χ2v) is 14.3. The van der Waals surface area contributed by atoms with Crippen molar-refractivity contribution in [2.45, 2.75) is 115 Å². The minimum atomic E-state index is -0.355. The molecule has 55 heavy (non-hydrogen) atoms. The zero-order valence-electron chi connectivity index (χ0n) is 36.3. The fraction of sp³-hybridized carbons (Fsp3) is 0.449. The number of hydrogen-bond donors (Lipinski definition) is 4. The van der Waals surface area contributed by atoms with Crippen molar-refractivity contribution in [2.75, 3.05) is 30.3 Å². The van der Waals surface area contributed by atoms with Crippen LogP contribution < -0.4 is 10.6 Å². The third kappa shape index (κ3) is 16.4. The summed E-state index contributed by atoms with van der Waals surface area (Å²) < 4.78 is 0. The minimum absolute atomic E-state index is 0.150. The zero-order valence-corrected chi connectivity index (χ0v) is 36.3. The Bertz CT molecular complexity index is 1680. The minimum Gasteiger partial charge on any atom is -0.507 e. The Morgan fingerprint density at radius 2 is 1.45 bits per heavy atom. The number of aryl methyl sites for hydroxylation is 1. The van der Waals surface area contributed by atoms with Gasteiger partial charge < -0.3 is 25.7 Å². The van der Waals surface area contributed by atoms with Gasteiger partial charge in [-0.2, -0.15) is 0 Å². The van der Waals surface area contributed by atoms with Crippen molar-refractivity contribution in [3.05, 3.63) is 113 Å². The number of phenolic OH excluding ortho intramolecular Hbond substituents is 2. The number of carbonyl (C=O) groups excluding carboxylic acids is 1. The Hall–Kier alpha value is -4.55. The lowest BCUT2D eigenvalue weighted by Gasteiger charge is -2.25. The molecule has 0 aromatic heterocycles. The number of nitrogens with one attached hydrogen (secondary N) is 2. The van der Waals surface area contributed by atoms with E-state index < -0.39 is 0 Å². The molecular formula is C49H73N3O3. The number of phenols is 2. The Balaban J connectivity index is 0.000000748. The number of amides is 1. The molecule has 0 saturated carbocycles. The van der Waals surface area contributed by atoms with Crippen molar-refractivity contribution < 1.29 is 15.0 Å². The summed E-state index contributed by atoms with van der Waals surface area (Å²) >= 11 is 0. The molecule has 0 fully saturated rings. The molecule has 0 bridgehead atoms. The third-order valence-corrected chi connectivity index (χ3v) is 9.98. The Morgan fingerprint density at radius 3 is 1.98 bits per heavy atom. The van der Waals surface area contributed by atoms with Gasteiger partial charge in [0.15, 0.2) is 0 Å². The highest BCUT2D eigenvalue weighted by Crippen LogP contribution is 2.37. The van der Waals surface area contributed by atoms with Crippen LogP contribution in [0.5, 0.6) is 11.5 Å². The summed E-state index contributed by atoms with van der Waals surface area (Å²) in [5, 5.41) is 27.2. The number of rotatable bonds is 18. The fourth-order valence-corrected chi connectivity index (χ4v) is 5.97. The average molecular weight is 752 g/mol. The van der Waals surface area contributed by atoms with Gasteiger partial charge in [0, 0.05) is 41.3 Å². The first-order valence-electron chi connectivity index (χ1n) is 20.5. The summed E-state index contributed by atoms with van der Waals surface area (Å²) in [4.78, 5) is 15.5. The largest absolute Gasteiger partial charge is 0.507 e. The van der Waals surface area contributed by atoms with Crippen LogP contribution in [0.3, 0.4) is 0 Å². The summed E-state index contributed by atoms with van der Waals surface area (Å²) in [7, 11) is 0. The van der Waals surface area contributed by atoms with Gasteiger partial charge in [-0.05, 0) is 131 Å². The molecule has 2 atom stereocenters. The number of anilines is 3. The molecule has 0 aliphatic carbocycles. The first-order valence-corrected chi connectivity index (χ1v) is 20.5. The van der Waals surface area contributed by atoms with Gasteiger partial charge in [-0.1, -0.05) is 111 Å². The molecule has 302 valence electrons. The van der Waals surface area contributed by atoms with E-state index in [1.807, 2.05) is 39.0 Å². The molecule has 0 spiro atoms. The van der Waals surface area contributed by atoms with Crippen LogP contribution in [0.4, 0.5) is 17.1 Å². The van der Waals surface area contributed by atoms with E-state index in [0.29, 0.717) is 11.1 Å². The van der Waals surface area contributed by atoms with Gasteiger partial charge >= 0.3 is 0 Å². The second-order valence-electron chi connectivity index (χ2n) is 14.3. The van der Waals surface area contributed by atoms with Crippen LogP contribution in [0.15, 0.2) is 91.1 Å². The van der Waals surface area contributed by atoms with Crippen LogP contribution >= 0.6 is 0 Å². The van der Waals surface area contributed by atoms with Gasteiger partial charge in [-0.3, -0.25) is 4.79 Å². The zero-order chi connectivity index (χ0) is 41.5. The van der Waals surface area contributed by atoms with Crippen LogP contribution in [-0.2, 0) is 0 Å². The molecule has 2 unspecified atom stereocenters. The number of aromatic hydroxyl groups is 2. The quantitative estimate of drug-likeness (QED) is 0.0973. The number of allylic oxidation sites excluding steroid dienone is 7. The van der Waals surface area contributed by atoms with Gasteiger partial charge in [0.25, 0.3) is 5.91 Å². The van der Waals surface area contributed by atoms with E-state index in [9.17, 15) is 15.0 Å². The lowest BCUT2D eigenvalue weighted by atomic mass is 9.96. The van der Waals surface area contributed by atoms with Crippen LogP contribution in [-0.4, -0.2) is 40.7 Å². The molecule has 3 rings (SSSR count). The van der Waals surface area contributed by atoms with Crippen molar-refractivity contribution in [1.29, 1.82) is 0 Å². The molecule has 0 aliphatic rings. The molecule has 6 heteroatoms. The topological polar surface area (TPSA) is 84.8 Å². The van der Waals surface area contributed by atoms with E-state index in [-0.39, 0.29) is 28.7 Å². The summed E-state index contributed by atoms with van der Waals surface area (Å²) in [6.45, 7) is 33.6. The molecule has 4 N–H and O–H groups in total. The Kier molecular flexibility index (Phi) is 23.2. The van der Waals surface area contributed by atoms with Gasteiger partial charge in [-0.25, -0.2) is 0 Å². The average Bonchev–Trinajstić information content (AvgIpc) is 3.18. The van der Waals surface area contributed by atoms with Crippen LogP contribution in [0, 0.1) is 18.8 Å². The molecule has 0 radical (unpaired) electrons. The van der Waals surface area contributed by atoms with Gasteiger partial charge in [0.2, 0.25) is 0 Å². The van der Waals surface area contributed by atoms with Crippen LogP contribution in [0.1, 0.15) is 135 Å². The van der Waals surface area contributed by atoms with Gasteiger partial charge in [0.05, 0.1) is 5.56 Å². The van der Waals surface area contributed by atoms with Gasteiger partial charge in [-0.15, -0.1) is 0 Å². The highest BCUT2D eigenvalue weighted by atomic mass is 16.3. The standard InChI is InChI=1S/C33H36N2O3.C14H31N.C2H6/c1-7-10-24(11-8-2)32-30(36)19-28(20-31(32)37)35-33(38)25-13-16-26(17-14-25)34-27-15-12-22(5)29(18-27)23(6)21(4)9-3;1-6-10-15(12-14(5)8-3)11-9-13(4)7-2;1-2/h7-8,10-20,34,36-37H,1,9H2,2-6H3,(H,35,38);13-14H,6-12H2,1-5H3;1-2H3/b11-8-,23-21-,24-10+;;. The number of carbonyl (C=O) groups is 1. The second kappa shape index (κ2) is 26.3. The van der Waals surface area contributed by atoms with Crippen LogP contribution in [0.2, 0.25) is 0 Å². The highest BCUT2D eigenvalue weighted by molar-refractivity contribution is 6.05. The molecule has 3 aromatic carbocycles. The summed E-state index contributed by atoms with van der Waals surface area (Å²) in [6.07, 6.45) is 13.1. The summed E-state index contributed by atoms with van der Waals surface area (Å²) in [5.41, 5.74) is 8.54. The van der Waals surface area contributed by atoms with Gasteiger partial charge in [0.1, 0.15) is 11.5 Å². The number of nitrogens with zero attached hydrogens (tertiary/aromatic N) is 1. The van der Waals surface area contributed by atoms with Crippen molar-refractivity contribution in [3.63, 3.8) is 0 Å². The fourth-order valence-electron chi connectivity index (χ4n) is 5.97. The van der Waals surface area contributed by atoms with E-state index in [4.69, 9.17) is 0 Å². The SMILES string of the molecule is C=C/C=C(\C=C/C)c1c(O)cc(NC(=O)c2ccc(Nc3ccc(C)c(/C(C)=C(/C)CC)c3)cc2)cc1O.CC.CCCN(CCC(C)CC)CC(C)CC. The first-order chi connectivity index (χ1) is 26.3. The smallest absolute Gasteiger partial charge is 0.255 e. The molecule has 1 amide bonds. The van der Waals surface area contributed by atoms with E-state index in [1.165, 1.54) is 79.7 Å². The molecule has 0 saturated heterocycles. The van der Waals surface area contributed by atoms with Crippen molar-refractivity contribution in [3.8, 4) is 11.5 Å². The molecule has 0 heterocycles. The maximum Gasteiger partial charge on any atom is 0.255 e. The summed E-state index contributed by atoms with van der Waals surface area (Å²) in [6, 6.07) is 16.3. The van der Waals surface area contributed by atoms with E-state index in [2.05, 4.69) is 96.6 Å². The Labute approximate surface area is 335 Å². The molecule has 0 aliphatic heterocycles. The predicted molar refractivity (Wildman–Crippen MR) is 242 cm³/mol. The molecule has 6 nitrogen and oxygen atoms in total. The highest BCUT2D eigenvalue weighted by Gasteiger charge is 2.15. The maximum absolute atomic E-state index is 12.8. The Morgan fingerprint density at radius 1 is 0.855 bits per heavy atom. The molecule has 3 aromatic rings. The summed E-state index contributed by atoms with van der Waals surface area (Å²) in [5.74, 6) is 1.09. The third-order valence-electron chi connectivity index (χ3n) is 9.98. The van der Waals surface area contributed by atoms with E-state index in [0.717, 1.165) is 29.6 Å². The predicted octanol–water partition coefficient (Wildman–Crippen LogP) is 14.0. The normalized spacial score (nSPS) is 12.9. The lowest BCUT2D eigenvalue weighted by Crippen LogP contribution is -2.31. The van der Waals surface area contributed by atoms with E-state index >= 15 is 0 Å². The van der Waals surface area contributed by atoms with Crippen molar-refractivity contribution in [1.82, 2.24) is 4.90 Å². The monoisotopic (exact) mass is 752 g/mol. The lowest BCUT2D eigenvalue weighted by molar-refractivity contribution is 0.102. The number of hydrogen-bond acceptors (Lipinski definition) is 5. The first kappa shape index (κ1) is 48.5.